The molecule has 0 aliphatic carbocycles. The fraction of sp³-hybridized carbons (Fsp3) is 0.562. The average Bonchev–Trinajstić information content (AvgIpc) is 3.51. The molecular formula is C32H39ClN4O11. The SMILES string of the molecule is CCN(CCOC(=O)CCC(=O)OC[C@H]1OC(C)(C)O[C@@H]2[C@H]3OC(C)(C)O[C@H]3O[C@@H]21)c1ccc(N=Nc2ccc([N+](=O)[O-])cc2Cl)cc1. The Morgan fingerprint density at radius 3 is 2.25 bits per heavy atom. The normalized spacial score (nSPS) is 25.3. The average molecular weight is 691 g/mol. The number of anilines is 1. The molecule has 0 radical (unpaired) electrons. The molecule has 5 atom stereocenters. The van der Waals surface area contributed by atoms with Crippen molar-refractivity contribution < 1.29 is 47.7 Å². The van der Waals surface area contributed by atoms with E-state index in [0.29, 0.717) is 24.5 Å². The van der Waals surface area contributed by atoms with Gasteiger partial charge in [0.2, 0.25) is 0 Å². The first-order chi connectivity index (χ1) is 22.7. The van der Waals surface area contributed by atoms with Crippen LogP contribution in [0.15, 0.2) is 52.7 Å². The summed E-state index contributed by atoms with van der Waals surface area (Å²) in [7, 11) is 0. The number of halogens is 1. The molecule has 5 rings (SSSR count). The number of ether oxygens (including phenoxy) is 7. The van der Waals surface area contributed by atoms with E-state index in [2.05, 4.69) is 10.2 Å². The van der Waals surface area contributed by atoms with Gasteiger partial charge < -0.3 is 38.1 Å². The summed E-state index contributed by atoms with van der Waals surface area (Å²) in [6.07, 6.45) is -2.95. The summed E-state index contributed by atoms with van der Waals surface area (Å²) in [5.74, 6) is -2.84. The van der Waals surface area contributed by atoms with Crippen LogP contribution in [0.1, 0.15) is 47.5 Å². The number of hydrogen-bond donors (Lipinski definition) is 0. The van der Waals surface area contributed by atoms with Crippen LogP contribution >= 0.6 is 11.6 Å². The quantitative estimate of drug-likeness (QED) is 0.108. The maximum Gasteiger partial charge on any atom is 0.306 e. The first kappa shape index (κ1) is 35.6. The fourth-order valence-corrected chi connectivity index (χ4v) is 5.86. The van der Waals surface area contributed by atoms with Crippen molar-refractivity contribution in [3.05, 3.63) is 57.6 Å². The number of rotatable bonds is 13. The summed E-state index contributed by atoms with van der Waals surface area (Å²) < 4.78 is 40.7. The van der Waals surface area contributed by atoms with Gasteiger partial charge in [0.25, 0.3) is 5.69 Å². The number of azo groups is 1. The maximum atomic E-state index is 12.5. The van der Waals surface area contributed by atoms with Crippen molar-refractivity contribution >= 4 is 46.3 Å². The number of nitrogens with zero attached hydrogens (tertiary/aromatic N) is 4. The van der Waals surface area contributed by atoms with E-state index in [0.717, 1.165) is 5.69 Å². The minimum Gasteiger partial charge on any atom is -0.464 e. The largest absolute Gasteiger partial charge is 0.464 e. The zero-order chi connectivity index (χ0) is 34.6. The summed E-state index contributed by atoms with van der Waals surface area (Å²) in [5.41, 5.74) is 1.61. The summed E-state index contributed by atoms with van der Waals surface area (Å²) in [4.78, 5) is 37.2. The van der Waals surface area contributed by atoms with Crippen LogP contribution in [0.25, 0.3) is 0 Å². The Hall–Kier alpha value is -3.73. The third kappa shape index (κ3) is 8.84. The van der Waals surface area contributed by atoms with Crippen molar-refractivity contribution in [2.24, 2.45) is 10.2 Å². The molecule has 0 amide bonds. The van der Waals surface area contributed by atoms with E-state index in [1.54, 1.807) is 39.8 Å². The Morgan fingerprint density at radius 2 is 1.58 bits per heavy atom. The van der Waals surface area contributed by atoms with Crippen LogP contribution in [0.4, 0.5) is 22.7 Å². The van der Waals surface area contributed by atoms with Crippen LogP contribution < -0.4 is 4.90 Å². The minimum absolute atomic E-state index is 0.0823. The predicted octanol–water partition coefficient (Wildman–Crippen LogP) is 5.75. The molecule has 0 unspecified atom stereocenters. The molecular weight excluding hydrogens is 652 g/mol. The number of non-ortho nitro benzene ring substituents is 1. The second-order valence-corrected chi connectivity index (χ2v) is 12.7. The first-order valence-electron chi connectivity index (χ1n) is 15.6. The van der Waals surface area contributed by atoms with Crippen LogP contribution in [0.3, 0.4) is 0 Å². The number of nitro benzene ring substituents is 1. The molecule has 2 aromatic rings. The van der Waals surface area contributed by atoms with E-state index in [1.165, 1.54) is 18.2 Å². The van der Waals surface area contributed by atoms with Gasteiger partial charge in [0.1, 0.15) is 43.3 Å². The molecule has 0 N–H and O–H groups in total. The van der Waals surface area contributed by atoms with Crippen LogP contribution in [-0.4, -0.2) is 85.4 Å². The molecule has 48 heavy (non-hydrogen) atoms. The van der Waals surface area contributed by atoms with E-state index >= 15 is 0 Å². The standard InChI is InChI=1S/C32H39ClN4O11/c1-6-36(20-9-7-19(8-10-20)34-35-23-12-11-21(37(40)41)17-22(23)33)15-16-42-25(38)13-14-26(39)43-18-24-27-28(46-31(2,3)45-24)29-30(44-27)48-32(4,5)47-29/h7-12,17,24,27-30H,6,13-16,18H2,1-5H3/t24-,27-,28+,29-,30-/m1/s1. The number of nitro groups is 1. The molecule has 3 fully saturated rings. The Labute approximate surface area is 282 Å². The van der Waals surface area contributed by atoms with Crippen LogP contribution in [-0.2, 0) is 42.7 Å². The van der Waals surface area contributed by atoms with Gasteiger partial charge in [-0.2, -0.15) is 5.11 Å². The molecule has 260 valence electrons. The topological polar surface area (TPSA) is 170 Å². The number of carbonyl (C=O) groups excluding carboxylic acids is 2. The van der Waals surface area contributed by atoms with E-state index < -0.39 is 59.1 Å². The van der Waals surface area contributed by atoms with Crippen LogP contribution in [0.5, 0.6) is 0 Å². The van der Waals surface area contributed by atoms with Gasteiger partial charge in [-0.3, -0.25) is 19.7 Å². The van der Waals surface area contributed by atoms with E-state index in [1.807, 2.05) is 24.0 Å². The summed E-state index contributed by atoms with van der Waals surface area (Å²) in [5, 5.41) is 19.2. The van der Waals surface area contributed by atoms with E-state index in [4.69, 9.17) is 44.8 Å². The number of hydrogen-bond acceptors (Lipinski definition) is 14. The molecule has 0 saturated carbocycles. The predicted molar refractivity (Wildman–Crippen MR) is 170 cm³/mol. The molecule has 0 aromatic heterocycles. The molecule has 2 aromatic carbocycles. The molecule has 0 bridgehead atoms. The lowest BCUT2D eigenvalue weighted by Crippen LogP contribution is -2.57. The molecule has 15 nitrogen and oxygen atoms in total. The third-order valence-corrected chi connectivity index (χ3v) is 8.13. The third-order valence-electron chi connectivity index (χ3n) is 7.83. The molecule has 3 aliphatic heterocycles. The van der Waals surface area contributed by atoms with Crippen molar-refractivity contribution in [1.29, 1.82) is 0 Å². The maximum absolute atomic E-state index is 12.5. The number of fused-ring (bicyclic) bond motifs is 3. The monoisotopic (exact) mass is 690 g/mol. The van der Waals surface area contributed by atoms with Gasteiger partial charge in [0.15, 0.2) is 17.9 Å². The number of benzene rings is 2. The first-order valence-corrected chi connectivity index (χ1v) is 16.0. The molecule has 3 heterocycles. The van der Waals surface area contributed by atoms with Crippen molar-refractivity contribution in [2.45, 2.75) is 89.7 Å². The summed E-state index contributed by atoms with van der Waals surface area (Å²) >= 11 is 6.08. The van der Waals surface area contributed by atoms with Gasteiger partial charge in [-0.15, -0.1) is 5.11 Å². The van der Waals surface area contributed by atoms with Gasteiger partial charge in [0.05, 0.1) is 35.0 Å². The summed E-state index contributed by atoms with van der Waals surface area (Å²) in [6.45, 7) is 10.2. The van der Waals surface area contributed by atoms with Crippen molar-refractivity contribution in [2.75, 3.05) is 31.2 Å². The Morgan fingerprint density at radius 1 is 0.917 bits per heavy atom. The lowest BCUT2D eigenvalue weighted by molar-refractivity contribution is -0.384. The smallest absolute Gasteiger partial charge is 0.306 e. The highest BCUT2D eigenvalue weighted by atomic mass is 35.5. The summed E-state index contributed by atoms with van der Waals surface area (Å²) in [6, 6.07) is 11.2. The number of carbonyl (C=O) groups is 2. The van der Waals surface area contributed by atoms with Crippen molar-refractivity contribution in [1.82, 2.24) is 0 Å². The number of esters is 2. The lowest BCUT2D eigenvalue weighted by atomic mass is 10.0. The van der Waals surface area contributed by atoms with Gasteiger partial charge in [0, 0.05) is 24.4 Å². The highest BCUT2D eigenvalue weighted by Gasteiger charge is 2.61. The zero-order valence-corrected chi connectivity index (χ0v) is 28.1. The highest BCUT2D eigenvalue weighted by molar-refractivity contribution is 6.33. The molecule has 3 saturated heterocycles. The van der Waals surface area contributed by atoms with Crippen molar-refractivity contribution in [3.63, 3.8) is 0 Å². The Kier molecular flexibility index (Phi) is 11.0. The second-order valence-electron chi connectivity index (χ2n) is 12.3. The van der Waals surface area contributed by atoms with Gasteiger partial charge in [-0.05, 0) is 65.0 Å². The van der Waals surface area contributed by atoms with E-state index in [9.17, 15) is 19.7 Å². The lowest BCUT2D eigenvalue weighted by Gasteiger charge is -2.43. The van der Waals surface area contributed by atoms with Crippen molar-refractivity contribution in [3.8, 4) is 0 Å². The van der Waals surface area contributed by atoms with Crippen LogP contribution in [0.2, 0.25) is 5.02 Å². The van der Waals surface area contributed by atoms with Gasteiger partial charge >= 0.3 is 11.9 Å². The number of likely N-dealkylation sites (N-methyl/N-ethyl adjacent to an activating group) is 1. The van der Waals surface area contributed by atoms with Crippen LogP contribution in [0, 0.1) is 10.1 Å². The fourth-order valence-electron chi connectivity index (χ4n) is 5.65. The van der Waals surface area contributed by atoms with E-state index in [-0.39, 0.29) is 36.8 Å². The molecule has 0 spiro atoms. The Balaban J connectivity index is 1.02. The highest BCUT2D eigenvalue weighted by Crippen LogP contribution is 2.44. The molecule has 16 heteroatoms. The minimum atomic E-state index is -0.956. The van der Waals surface area contributed by atoms with Gasteiger partial charge in [-0.25, -0.2) is 0 Å². The Bertz CT molecular complexity index is 1520. The van der Waals surface area contributed by atoms with Gasteiger partial charge in [-0.1, -0.05) is 11.6 Å². The molecule has 3 aliphatic rings. The second kappa shape index (κ2) is 14.8. The zero-order valence-electron chi connectivity index (χ0n) is 27.3.